The zero-order valence-corrected chi connectivity index (χ0v) is 11.9. The molecular formula is C12H18ClN3OS. The van der Waals surface area contributed by atoms with Crippen molar-refractivity contribution in [2.45, 2.75) is 25.8 Å². The summed E-state index contributed by atoms with van der Waals surface area (Å²) >= 11 is 1.66. The first-order valence-electron chi connectivity index (χ1n) is 6.17. The Bertz CT molecular complexity index is 429. The van der Waals surface area contributed by atoms with Gasteiger partial charge in [-0.15, -0.1) is 23.7 Å². The van der Waals surface area contributed by atoms with Gasteiger partial charge in [0, 0.05) is 24.2 Å². The molecule has 0 radical (unpaired) electrons. The van der Waals surface area contributed by atoms with Gasteiger partial charge in [-0.25, -0.2) is 4.98 Å². The number of carbonyl (C=O) groups excluding carboxylic acids is 1. The lowest BCUT2D eigenvalue weighted by Gasteiger charge is -2.28. The largest absolute Gasteiger partial charge is 0.346 e. The monoisotopic (exact) mass is 287 g/mol. The summed E-state index contributed by atoms with van der Waals surface area (Å²) in [4.78, 5) is 16.5. The second kappa shape index (κ2) is 5.55. The van der Waals surface area contributed by atoms with Crippen molar-refractivity contribution in [1.29, 1.82) is 0 Å². The van der Waals surface area contributed by atoms with E-state index < -0.39 is 0 Å². The van der Waals surface area contributed by atoms with E-state index in [2.05, 4.69) is 21.0 Å². The molecule has 1 aliphatic carbocycles. The SMILES string of the molecule is Cc1csc(C(NC(=O)C2CNC2)C2CC2)n1.Cl. The minimum atomic E-state index is 0. The Labute approximate surface area is 117 Å². The summed E-state index contributed by atoms with van der Waals surface area (Å²) in [5, 5.41) is 9.44. The van der Waals surface area contributed by atoms with Gasteiger partial charge >= 0.3 is 0 Å². The molecule has 1 aromatic heterocycles. The molecule has 1 atom stereocenters. The third-order valence-electron chi connectivity index (χ3n) is 3.45. The average molecular weight is 288 g/mol. The normalized spacial score (nSPS) is 20.7. The molecule has 1 aliphatic heterocycles. The molecule has 2 heterocycles. The Kier molecular flexibility index (Phi) is 4.25. The smallest absolute Gasteiger partial charge is 0.226 e. The van der Waals surface area contributed by atoms with Crippen molar-refractivity contribution in [3.8, 4) is 0 Å². The first-order valence-corrected chi connectivity index (χ1v) is 7.05. The number of nitrogens with zero attached hydrogens (tertiary/aromatic N) is 1. The fraction of sp³-hybridized carbons (Fsp3) is 0.667. The van der Waals surface area contributed by atoms with E-state index in [0.29, 0.717) is 5.92 Å². The third-order valence-corrected chi connectivity index (χ3v) is 4.49. The van der Waals surface area contributed by atoms with Crippen LogP contribution in [0.25, 0.3) is 0 Å². The van der Waals surface area contributed by atoms with Crippen LogP contribution in [-0.2, 0) is 4.79 Å². The molecule has 1 aromatic rings. The predicted octanol–water partition coefficient (Wildman–Crippen LogP) is 1.66. The highest BCUT2D eigenvalue weighted by Crippen LogP contribution is 2.42. The number of nitrogens with one attached hydrogen (secondary N) is 2. The summed E-state index contributed by atoms with van der Waals surface area (Å²) in [5.41, 5.74) is 1.05. The lowest BCUT2D eigenvalue weighted by Crippen LogP contribution is -2.51. The molecule has 0 aromatic carbocycles. The molecule has 1 unspecified atom stereocenters. The van der Waals surface area contributed by atoms with Crippen molar-refractivity contribution >= 4 is 29.7 Å². The Hall–Kier alpha value is -0.650. The highest BCUT2D eigenvalue weighted by molar-refractivity contribution is 7.09. The minimum absolute atomic E-state index is 0. The fourth-order valence-electron chi connectivity index (χ4n) is 2.07. The average Bonchev–Trinajstić information content (AvgIpc) is 2.95. The summed E-state index contributed by atoms with van der Waals surface area (Å²) in [6.45, 7) is 3.64. The van der Waals surface area contributed by atoms with E-state index in [0.717, 1.165) is 23.8 Å². The maximum atomic E-state index is 12.0. The summed E-state index contributed by atoms with van der Waals surface area (Å²) in [6.07, 6.45) is 2.43. The van der Waals surface area contributed by atoms with Crippen LogP contribution in [0.15, 0.2) is 5.38 Å². The van der Waals surface area contributed by atoms with Crippen LogP contribution in [0.2, 0.25) is 0 Å². The zero-order chi connectivity index (χ0) is 11.8. The van der Waals surface area contributed by atoms with Crippen LogP contribution in [0.1, 0.15) is 29.6 Å². The second-order valence-corrected chi connectivity index (χ2v) is 5.90. The van der Waals surface area contributed by atoms with Gasteiger partial charge < -0.3 is 10.6 Å². The third kappa shape index (κ3) is 2.84. The number of hydrogen-bond donors (Lipinski definition) is 2. The number of aryl methyl sites for hydroxylation is 1. The molecule has 1 saturated heterocycles. The molecule has 3 rings (SSSR count). The van der Waals surface area contributed by atoms with Gasteiger partial charge in [0.05, 0.1) is 12.0 Å². The lowest BCUT2D eigenvalue weighted by molar-refractivity contribution is -0.127. The fourth-order valence-corrected chi connectivity index (χ4v) is 3.01. The van der Waals surface area contributed by atoms with Gasteiger partial charge in [0.2, 0.25) is 5.91 Å². The van der Waals surface area contributed by atoms with E-state index in [9.17, 15) is 4.79 Å². The maximum Gasteiger partial charge on any atom is 0.226 e. The van der Waals surface area contributed by atoms with E-state index in [1.54, 1.807) is 11.3 Å². The number of carbonyl (C=O) groups is 1. The topological polar surface area (TPSA) is 54.0 Å². The van der Waals surface area contributed by atoms with Crippen molar-refractivity contribution in [3.63, 3.8) is 0 Å². The van der Waals surface area contributed by atoms with Gasteiger partial charge in [-0.3, -0.25) is 4.79 Å². The second-order valence-electron chi connectivity index (χ2n) is 5.01. The molecular weight excluding hydrogens is 270 g/mol. The first kappa shape index (κ1) is 13.8. The van der Waals surface area contributed by atoms with Crippen molar-refractivity contribution in [2.24, 2.45) is 11.8 Å². The van der Waals surface area contributed by atoms with Crippen LogP contribution in [0.3, 0.4) is 0 Å². The molecule has 0 bridgehead atoms. The molecule has 2 N–H and O–H groups in total. The Balaban J connectivity index is 0.00000120. The van der Waals surface area contributed by atoms with Crippen molar-refractivity contribution in [3.05, 3.63) is 16.1 Å². The van der Waals surface area contributed by atoms with Crippen LogP contribution in [0.5, 0.6) is 0 Å². The Morgan fingerprint density at radius 2 is 2.28 bits per heavy atom. The van der Waals surface area contributed by atoms with Gasteiger partial charge in [0.1, 0.15) is 5.01 Å². The molecule has 4 nitrogen and oxygen atoms in total. The van der Waals surface area contributed by atoms with Gasteiger partial charge in [-0.2, -0.15) is 0 Å². The van der Waals surface area contributed by atoms with Crippen LogP contribution in [0.4, 0.5) is 0 Å². The summed E-state index contributed by atoms with van der Waals surface area (Å²) in [7, 11) is 0. The number of aromatic nitrogens is 1. The maximum absolute atomic E-state index is 12.0. The molecule has 2 aliphatic rings. The molecule has 1 saturated carbocycles. The molecule has 18 heavy (non-hydrogen) atoms. The lowest BCUT2D eigenvalue weighted by atomic mass is 10.0. The zero-order valence-electron chi connectivity index (χ0n) is 10.3. The molecule has 6 heteroatoms. The molecule has 0 spiro atoms. The van der Waals surface area contributed by atoms with E-state index in [1.165, 1.54) is 12.8 Å². The van der Waals surface area contributed by atoms with Crippen LogP contribution < -0.4 is 10.6 Å². The van der Waals surface area contributed by atoms with E-state index in [1.807, 2.05) is 6.92 Å². The number of hydrogen-bond acceptors (Lipinski definition) is 4. The molecule has 1 amide bonds. The van der Waals surface area contributed by atoms with Gasteiger partial charge in [-0.1, -0.05) is 0 Å². The van der Waals surface area contributed by atoms with Crippen molar-refractivity contribution in [1.82, 2.24) is 15.6 Å². The highest BCUT2D eigenvalue weighted by Gasteiger charge is 2.37. The van der Waals surface area contributed by atoms with Crippen LogP contribution >= 0.6 is 23.7 Å². The number of thiazole rings is 1. The van der Waals surface area contributed by atoms with Crippen LogP contribution in [-0.4, -0.2) is 24.0 Å². The van der Waals surface area contributed by atoms with Crippen molar-refractivity contribution < 1.29 is 4.79 Å². The Morgan fingerprint density at radius 3 is 2.72 bits per heavy atom. The van der Waals surface area contributed by atoms with Gasteiger partial charge in [0.15, 0.2) is 0 Å². The standard InChI is InChI=1S/C12H17N3OS.ClH/c1-7-6-17-12(14-7)10(8-2-3-8)15-11(16)9-4-13-5-9;/h6,8-10,13H,2-5H2,1H3,(H,15,16);1H. The number of halogens is 1. The number of amides is 1. The Morgan fingerprint density at radius 1 is 1.56 bits per heavy atom. The van der Waals surface area contributed by atoms with E-state index >= 15 is 0 Å². The molecule has 100 valence electrons. The number of rotatable bonds is 4. The van der Waals surface area contributed by atoms with Crippen molar-refractivity contribution in [2.75, 3.05) is 13.1 Å². The van der Waals surface area contributed by atoms with Gasteiger partial charge in [0.25, 0.3) is 0 Å². The van der Waals surface area contributed by atoms with E-state index in [-0.39, 0.29) is 30.3 Å². The van der Waals surface area contributed by atoms with E-state index in [4.69, 9.17) is 0 Å². The summed E-state index contributed by atoms with van der Waals surface area (Å²) in [5.74, 6) is 0.961. The minimum Gasteiger partial charge on any atom is -0.346 e. The predicted molar refractivity (Wildman–Crippen MR) is 74.1 cm³/mol. The summed E-state index contributed by atoms with van der Waals surface area (Å²) < 4.78 is 0. The summed E-state index contributed by atoms with van der Waals surface area (Å²) in [6, 6.07) is 0.154. The quantitative estimate of drug-likeness (QED) is 0.886. The first-order chi connectivity index (χ1) is 8.24. The van der Waals surface area contributed by atoms with Crippen LogP contribution in [0, 0.1) is 18.8 Å². The van der Waals surface area contributed by atoms with Gasteiger partial charge in [-0.05, 0) is 25.7 Å². The molecule has 2 fully saturated rings. The highest BCUT2D eigenvalue weighted by atomic mass is 35.5.